The van der Waals surface area contributed by atoms with Crippen LogP contribution in [-0.2, 0) is 14.2 Å². The number of hydrogen-bond donors (Lipinski definition) is 0. The molecule has 150 valence electrons. The van der Waals surface area contributed by atoms with Crippen LogP contribution in [0.4, 0.5) is 0 Å². The van der Waals surface area contributed by atoms with E-state index in [1.54, 1.807) is 0 Å². The molecule has 4 aromatic carbocycles. The van der Waals surface area contributed by atoms with Gasteiger partial charge in [0.25, 0.3) is 0 Å². The molecule has 0 spiro atoms. The van der Waals surface area contributed by atoms with Gasteiger partial charge >= 0.3 is 196 Å². The van der Waals surface area contributed by atoms with Gasteiger partial charge in [0.2, 0.25) is 0 Å². The van der Waals surface area contributed by atoms with Gasteiger partial charge < -0.3 is 0 Å². The van der Waals surface area contributed by atoms with Crippen molar-refractivity contribution in [1.82, 2.24) is 0 Å². The summed E-state index contributed by atoms with van der Waals surface area (Å²) in [5.41, 5.74) is 8.57. The monoisotopic (exact) mass is 606 g/mol. The van der Waals surface area contributed by atoms with Gasteiger partial charge in [0.05, 0.1) is 0 Å². The van der Waals surface area contributed by atoms with E-state index < -0.39 is 43.2 Å². The summed E-state index contributed by atoms with van der Waals surface area (Å²) in [6.45, 7) is 9.11. The molecule has 1 aliphatic heterocycles. The molecule has 0 bridgehead atoms. The third-order valence-corrected chi connectivity index (χ3v) is 12.0. The molecule has 0 fully saturated rings. The Morgan fingerprint density at radius 1 is 0.621 bits per heavy atom. The van der Waals surface area contributed by atoms with Crippen molar-refractivity contribution in [2.24, 2.45) is 0 Å². The second-order valence-electron chi connectivity index (χ2n) is 7.71. The molecule has 0 saturated heterocycles. The van der Waals surface area contributed by atoms with E-state index in [2.05, 4.69) is 76.2 Å². The first kappa shape index (κ1) is 19.8. The summed E-state index contributed by atoms with van der Waals surface area (Å²) in [5.74, 6) is 0. The Hall–Kier alpha value is -1.18. The van der Waals surface area contributed by atoms with Crippen molar-refractivity contribution in [1.29, 1.82) is 0 Å². The van der Waals surface area contributed by atoms with E-state index in [9.17, 15) is 0 Å². The molecular formula is C26H24I2O-2. The Morgan fingerprint density at radius 2 is 1.03 bits per heavy atom. The minimum atomic E-state index is -0.467. The number of aryl methyl sites for hydroxylation is 4. The maximum absolute atomic E-state index is 6.63. The van der Waals surface area contributed by atoms with Gasteiger partial charge in [-0.25, -0.2) is 0 Å². The predicted molar refractivity (Wildman–Crippen MR) is 114 cm³/mol. The minimum absolute atomic E-state index is 0.467. The summed E-state index contributed by atoms with van der Waals surface area (Å²) in [6, 6.07) is 18.5. The molecule has 1 nitrogen and oxygen atoms in total. The number of fused-ring (bicyclic) bond motifs is 1. The average molecular weight is 606 g/mol. The Balaban J connectivity index is 2.05. The number of halogens is 2. The second-order valence-corrected chi connectivity index (χ2v) is 13.3. The molecule has 4 aromatic rings. The van der Waals surface area contributed by atoms with Crippen LogP contribution in [-0.4, -0.2) is 0 Å². The topological polar surface area (TPSA) is 9.23 Å². The van der Waals surface area contributed by atoms with Crippen LogP contribution < -0.4 is 43.2 Å². The van der Waals surface area contributed by atoms with Crippen LogP contribution in [0, 0.1) is 21.0 Å². The zero-order valence-electron chi connectivity index (χ0n) is 17.2. The summed E-state index contributed by atoms with van der Waals surface area (Å²) >= 11 is -0.933. The van der Waals surface area contributed by atoms with Gasteiger partial charge in [-0.1, -0.05) is 0 Å². The van der Waals surface area contributed by atoms with Gasteiger partial charge in [-0.2, -0.15) is 0 Å². The van der Waals surface area contributed by atoms with E-state index in [-0.39, 0.29) is 0 Å². The number of benzene rings is 4. The van der Waals surface area contributed by atoms with Crippen molar-refractivity contribution in [3.05, 3.63) is 77.9 Å². The molecule has 0 unspecified atom stereocenters. The van der Waals surface area contributed by atoms with Gasteiger partial charge in [-0.15, -0.1) is 0 Å². The van der Waals surface area contributed by atoms with Crippen molar-refractivity contribution >= 4 is 21.5 Å². The SMILES string of the molecule is CCc1ccc2ccc(C)c3c2c1[I-]O[I-]c1c(CC)ccc2ccc(C)c-3c12. The zero-order chi connectivity index (χ0) is 20.1. The van der Waals surface area contributed by atoms with Crippen LogP contribution in [0.5, 0.6) is 0 Å². The summed E-state index contributed by atoms with van der Waals surface area (Å²) in [4.78, 5) is 0. The molecule has 0 aliphatic carbocycles. The summed E-state index contributed by atoms with van der Waals surface area (Å²) < 4.78 is 9.64. The molecular weight excluding hydrogens is 582 g/mol. The van der Waals surface area contributed by atoms with Gasteiger partial charge in [-0.05, 0) is 0 Å². The molecule has 3 heteroatoms. The summed E-state index contributed by atoms with van der Waals surface area (Å²) in [6.07, 6.45) is 2.13. The fraction of sp³-hybridized carbons (Fsp3) is 0.231. The molecule has 0 N–H and O–H groups in total. The summed E-state index contributed by atoms with van der Waals surface area (Å²) in [5, 5.41) is 5.61. The van der Waals surface area contributed by atoms with E-state index in [0.717, 1.165) is 12.8 Å². The van der Waals surface area contributed by atoms with E-state index in [0.29, 0.717) is 0 Å². The van der Waals surface area contributed by atoms with Crippen LogP contribution >= 0.6 is 0 Å². The molecule has 29 heavy (non-hydrogen) atoms. The average Bonchev–Trinajstić information content (AvgIpc) is 2.81. The van der Waals surface area contributed by atoms with Crippen LogP contribution in [0.2, 0.25) is 0 Å². The predicted octanol–water partition coefficient (Wildman–Crippen LogP) is 0.779. The standard InChI is InChI=1S/C26H24I2O/c1-5-17-11-13-19-9-7-15(3)21-22-16(4)8-10-20-14-12-18(6-2)26(24(20)22)28-29-27-25(17)23(19)21/h7-14H,5-6H2,1-4H3/q-2. The van der Waals surface area contributed by atoms with Crippen molar-refractivity contribution in [2.75, 3.05) is 0 Å². The second kappa shape index (κ2) is 7.82. The third kappa shape index (κ3) is 3.12. The molecule has 0 atom stereocenters. The normalized spacial score (nSPS) is 13.9. The first-order chi connectivity index (χ1) is 14.1. The van der Waals surface area contributed by atoms with Gasteiger partial charge in [0.1, 0.15) is 0 Å². The van der Waals surface area contributed by atoms with Crippen LogP contribution in [0.25, 0.3) is 32.7 Å². The first-order valence-electron chi connectivity index (χ1n) is 10.2. The number of hydrogen-bond acceptors (Lipinski definition) is 1. The zero-order valence-corrected chi connectivity index (χ0v) is 21.5. The van der Waals surface area contributed by atoms with Gasteiger partial charge in [0.15, 0.2) is 0 Å². The molecule has 0 saturated carbocycles. The molecule has 1 heterocycles. The van der Waals surface area contributed by atoms with Crippen molar-refractivity contribution in [2.45, 2.75) is 40.5 Å². The summed E-state index contributed by atoms with van der Waals surface area (Å²) in [7, 11) is 0. The Bertz CT molecular complexity index is 1170. The van der Waals surface area contributed by atoms with Crippen molar-refractivity contribution < 1.29 is 44.6 Å². The van der Waals surface area contributed by atoms with Crippen LogP contribution in [0.3, 0.4) is 0 Å². The molecule has 0 amide bonds. The molecule has 0 aromatic heterocycles. The van der Waals surface area contributed by atoms with Crippen LogP contribution in [0.1, 0.15) is 36.1 Å². The molecule has 1 aliphatic rings. The fourth-order valence-electron chi connectivity index (χ4n) is 4.48. The maximum atomic E-state index is 6.63. The fourth-order valence-corrected chi connectivity index (χ4v) is 11.0. The van der Waals surface area contributed by atoms with E-state index in [4.69, 9.17) is 1.40 Å². The number of rotatable bonds is 2. The quantitative estimate of drug-likeness (QED) is 0.307. The molecule has 0 radical (unpaired) electrons. The Kier molecular flexibility index (Phi) is 5.33. The van der Waals surface area contributed by atoms with Crippen molar-refractivity contribution in [3.8, 4) is 11.1 Å². The van der Waals surface area contributed by atoms with E-state index in [1.807, 2.05) is 0 Å². The van der Waals surface area contributed by atoms with E-state index in [1.165, 1.54) is 62.1 Å². The third-order valence-electron chi connectivity index (χ3n) is 6.05. The van der Waals surface area contributed by atoms with Crippen LogP contribution in [0.15, 0.2) is 48.5 Å². The Labute approximate surface area is 194 Å². The first-order valence-corrected chi connectivity index (χ1v) is 14.1. The Morgan fingerprint density at radius 3 is 1.45 bits per heavy atom. The van der Waals surface area contributed by atoms with Gasteiger partial charge in [0, 0.05) is 0 Å². The van der Waals surface area contributed by atoms with Gasteiger partial charge in [-0.3, -0.25) is 0 Å². The van der Waals surface area contributed by atoms with E-state index >= 15 is 0 Å². The van der Waals surface area contributed by atoms with Crippen molar-refractivity contribution in [3.63, 3.8) is 0 Å². The molecule has 5 rings (SSSR count).